The Hall–Kier alpha value is -2.86. The van der Waals surface area contributed by atoms with Gasteiger partial charge in [0.15, 0.2) is 0 Å². The summed E-state index contributed by atoms with van der Waals surface area (Å²) in [6.45, 7) is -0.242. The van der Waals surface area contributed by atoms with Gasteiger partial charge in [0.25, 0.3) is 11.8 Å². The highest BCUT2D eigenvalue weighted by atomic mass is 35.5. The molecule has 0 aromatic heterocycles. The van der Waals surface area contributed by atoms with Crippen LogP contribution in [0, 0.1) is 0 Å². The molecule has 3 amide bonds. The lowest BCUT2D eigenvalue weighted by atomic mass is 10.1. The highest BCUT2D eigenvalue weighted by Gasteiger charge is 2.11. The minimum atomic E-state index is -0.545. The molecule has 0 aliphatic carbocycles. The number of halogens is 1. The van der Waals surface area contributed by atoms with Crippen LogP contribution in [0.2, 0.25) is 5.02 Å². The summed E-state index contributed by atoms with van der Waals surface area (Å²) < 4.78 is 0. The number of carbonyl (C=O) groups is 3. The van der Waals surface area contributed by atoms with Crippen molar-refractivity contribution in [1.82, 2.24) is 16.2 Å². The van der Waals surface area contributed by atoms with E-state index in [9.17, 15) is 14.4 Å². The van der Waals surface area contributed by atoms with Gasteiger partial charge in [0.1, 0.15) is 0 Å². The standard InChI is InChI=1S/C17H16ClN3O3/c18-14-9-5-4-8-13(14)17(24)21-20-16(23)11-19-15(22)10-12-6-2-1-3-7-12/h1-9H,10-11H2,(H,19,22)(H,20,23)(H,21,24). The molecule has 0 aliphatic heterocycles. The number of nitrogens with one attached hydrogen (secondary N) is 3. The maximum absolute atomic E-state index is 11.9. The summed E-state index contributed by atoms with van der Waals surface area (Å²) in [6.07, 6.45) is 0.181. The third-order valence-electron chi connectivity index (χ3n) is 3.09. The Labute approximate surface area is 144 Å². The molecule has 124 valence electrons. The van der Waals surface area contributed by atoms with Gasteiger partial charge in [-0.05, 0) is 17.7 Å². The molecule has 0 fully saturated rings. The minimum absolute atomic E-state index is 0.181. The van der Waals surface area contributed by atoms with Crippen LogP contribution in [0.3, 0.4) is 0 Å². The van der Waals surface area contributed by atoms with E-state index in [4.69, 9.17) is 11.6 Å². The van der Waals surface area contributed by atoms with Gasteiger partial charge in [-0.1, -0.05) is 54.1 Å². The van der Waals surface area contributed by atoms with Crippen LogP contribution in [-0.4, -0.2) is 24.3 Å². The van der Waals surface area contributed by atoms with E-state index >= 15 is 0 Å². The Morgan fingerprint density at radius 1 is 0.833 bits per heavy atom. The molecule has 3 N–H and O–H groups in total. The average molecular weight is 346 g/mol. The summed E-state index contributed by atoms with van der Waals surface area (Å²) in [4.78, 5) is 35.2. The first-order valence-corrected chi connectivity index (χ1v) is 7.58. The number of benzene rings is 2. The van der Waals surface area contributed by atoms with E-state index in [0.717, 1.165) is 5.56 Å². The minimum Gasteiger partial charge on any atom is -0.347 e. The smallest absolute Gasteiger partial charge is 0.271 e. The fourth-order valence-corrected chi connectivity index (χ4v) is 2.13. The molecule has 0 aliphatic rings. The van der Waals surface area contributed by atoms with E-state index in [1.807, 2.05) is 30.3 Å². The molecule has 0 radical (unpaired) electrons. The molecule has 0 saturated heterocycles. The van der Waals surface area contributed by atoms with E-state index < -0.39 is 11.8 Å². The van der Waals surface area contributed by atoms with Gasteiger partial charge in [0, 0.05) is 0 Å². The number of carbonyl (C=O) groups excluding carboxylic acids is 3. The van der Waals surface area contributed by atoms with Crippen molar-refractivity contribution in [3.8, 4) is 0 Å². The zero-order valence-corrected chi connectivity index (χ0v) is 13.5. The summed E-state index contributed by atoms with van der Waals surface area (Å²) in [5, 5.41) is 2.76. The normalized spacial score (nSPS) is 9.88. The Kier molecular flexibility index (Phi) is 6.33. The predicted molar refractivity (Wildman–Crippen MR) is 90.2 cm³/mol. The first-order valence-electron chi connectivity index (χ1n) is 7.20. The third kappa shape index (κ3) is 5.40. The molecule has 0 bridgehead atoms. The van der Waals surface area contributed by atoms with Crippen molar-refractivity contribution in [2.45, 2.75) is 6.42 Å². The number of hydrogen-bond acceptors (Lipinski definition) is 3. The van der Waals surface area contributed by atoms with Crippen LogP contribution in [0.25, 0.3) is 0 Å². The summed E-state index contributed by atoms with van der Waals surface area (Å²) in [6, 6.07) is 15.6. The fraction of sp³-hybridized carbons (Fsp3) is 0.118. The van der Waals surface area contributed by atoms with Crippen LogP contribution < -0.4 is 16.2 Å². The molecule has 2 aromatic rings. The largest absolute Gasteiger partial charge is 0.347 e. The Balaban J connectivity index is 1.72. The van der Waals surface area contributed by atoms with E-state index in [-0.39, 0.29) is 29.5 Å². The monoisotopic (exact) mass is 345 g/mol. The molecule has 0 spiro atoms. The molecule has 6 nitrogen and oxygen atoms in total. The van der Waals surface area contributed by atoms with Crippen LogP contribution in [0.15, 0.2) is 54.6 Å². The topological polar surface area (TPSA) is 87.3 Å². The number of rotatable bonds is 5. The van der Waals surface area contributed by atoms with Gasteiger partial charge >= 0.3 is 0 Å². The average Bonchev–Trinajstić information content (AvgIpc) is 2.59. The van der Waals surface area contributed by atoms with E-state index in [2.05, 4.69) is 16.2 Å². The van der Waals surface area contributed by atoms with Crippen molar-refractivity contribution in [3.05, 3.63) is 70.7 Å². The highest BCUT2D eigenvalue weighted by molar-refractivity contribution is 6.33. The van der Waals surface area contributed by atoms with Crippen LogP contribution >= 0.6 is 11.6 Å². The lowest BCUT2D eigenvalue weighted by Gasteiger charge is -2.09. The molecule has 2 aromatic carbocycles. The number of hydrogen-bond donors (Lipinski definition) is 3. The number of hydrazine groups is 1. The Bertz CT molecular complexity index is 735. The van der Waals surface area contributed by atoms with Crippen molar-refractivity contribution < 1.29 is 14.4 Å². The van der Waals surface area contributed by atoms with Crippen molar-refractivity contribution >= 4 is 29.3 Å². The van der Waals surface area contributed by atoms with Crippen molar-refractivity contribution in [2.24, 2.45) is 0 Å². The molecule has 0 atom stereocenters. The maximum Gasteiger partial charge on any atom is 0.271 e. The summed E-state index contributed by atoms with van der Waals surface area (Å²) >= 11 is 5.88. The van der Waals surface area contributed by atoms with Gasteiger partial charge in [0.05, 0.1) is 23.6 Å². The fourth-order valence-electron chi connectivity index (χ4n) is 1.91. The highest BCUT2D eigenvalue weighted by Crippen LogP contribution is 2.13. The van der Waals surface area contributed by atoms with E-state index in [1.54, 1.807) is 18.2 Å². The number of amides is 3. The van der Waals surface area contributed by atoms with Gasteiger partial charge in [-0.3, -0.25) is 25.2 Å². The van der Waals surface area contributed by atoms with Crippen LogP contribution in [0.4, 0.5) is 0 Å². The van der Waals surface area contributed by atoms with Gasteiger partial charge < -0.3 is 5.32 Å². The second-order valence-electron chi connectivity index (χ2n) is 4.92. The van der Waals surface area contributed by atoms with Crippen molar-refractivity contribution in [1.29, 1.82) is 0 Å². The van der Waals surface area contributed by atoms with E-state index in [1.165, 1.54) is 6.07 Å². The Morgan fingerprint density at radius 2 is 1.50 bits per heavy atom. The molecule has 0 heterocycles. The SMILES string of the molecule is O=C(Cc1ccccc1)NCC(=O)NNC(=O)c1ccccc1Cl. The molecular formula is C17H16ClN3O3. The second-order valence-corrected chi connectivity index (χ2v) is 5.33. The predicted octanol–water partition coefficient (Wildman–Crippen LogP) is 1.46. The summed E-state index contributed by atoms with van der Waals surface area (Å²) in [5.41, 5.74) is 5.55. The lowest BCUT2D eigenvalue weighted by molar-refractivity contribution is -0.126. The zero-order valence-electron chi connectivity index (χ0n) is 12.7. The quantitative estimate of drug-likeness (QED) is 0.717. The molecule has 7 heteroatoms. The van der Waals surface area contributed by atoms with Crippen LogP contribution in [0.1, 0.15) is 15.9 Å². The maximum atomic E-state index is 11.9. The molecule has 24 heavy (non-hydrogen) atoms. The summed E-state index contributed by atoms with van der Waals surface area (Å²) in [5.74, 6) is -1.37. The Morgan fingerprint density at radius 3 is 2.21 bits per heavy atom. The second kappa shape index (κ2) is 8.69. The molecule has 2 rings (SSSR count). The van der Waals surface area contributed by atoms with Crippen LogP contribution in [0.5, 0.6) is 0 Å². The van der Waals surface area contributed by atoms with Gasteiger partial charge in [-0.15, -0.1) is 0 Å². The summed E-state index contributed by atoms with van der Waals surface area (Å²) in [7, 11) is 0. The first kappa shape index (κ1) is 17.5. The molecule has 0 saturated carbocycles. The van der Waals surface area contributed by atoms with E-state index in [0.29, 0.717) is 0 Å². The molecule has 0 unspecified atom stereocenters. The zero-order chi connectivity index (χ0) is 17.4. The van der Waals surface area contributed by atoms with Crippen LogP contribution in [-0.2, 0) is 16.0 Å². The van der Waals surface area contributed by atoms with Crippen molar-refractivity contribution in [3.63, 3.8) is 0 Å². The van der Waals surface area contributed by atoms with Gasteiger partial charge in [0.2, 0.25) is 5.91 Å². The first-order chi connectivity index (χ1) is 11.6. The van der Waals surface area contributed by atoms with Crippen molar-refractivity contribution in [2.75, 3.05) is 6.54 Å². The van der Waals surface area contributed by atoms with Gasteiger partial charge in [-0.25, -0.2) is 0 Å². The molecular weight excluding hydrogens is 330 g/mol. The lowest BCUT2D eigenvalue weighted by Crippen LogP contribution is -2.46. The third-order valence-corrected chi connectivity index (χ3v) is 3.42. The van der Waals surface area contributed by atoms with Gasteiger partial charge in [-0.2, -0.15) is 0 Å².